The molecule has 2 aromatic heterocycles. The van der Waals surface area contributed by atoms with Crippen LogP contribution in [0.5, 0.6) is 6.01 Å². The highest BCUT2D eigenvalue weighted by Crippen LogP contribution is 2.23. The predicted octanol–water partition coefficient (Wildman–Crippen LogP) is 3.17. The van der Waals surface area contributed by atoms with E-state index in [-0.39, 0.29) is 17.5 Å². The van der Waals surface area contributed by atoms with E-state index in [1.807, 2.05) is 0 Å². The van der Waals surface area contributed by atoms with E-state index in [0.717, 1.165) is 25.7 Å². The lowest BCUT2D eigenvalue weighted by Gasteiger charge is -2.32. The molecule has 0 radical (unpaired) electrons. The summed E-state index contributed by atoms with van der Waals surface area (Å²) in [5.41, 5.74) is 6.89. The number of nitrogens with one attached hydrogen (secondary N) is 1. The summed E-state index contributed by atoms with van der Waals surface area (Å²) in [6, 6.07) is 0.245. The van der Waals surface area contributed by atoms with E-state index in [9.17, 15) is 4.79 Å². The number of H-pyrrole nitrogens is 1. The number of imidazole rings is 1. The molecule has 0 bridgehead atoms. The van der Waals surface area contributed by atoms with Crippen LogP contribution in [-0.2, 0) is 6.54 Å². The highest BCUT2D eigenvalue weighted by Gasteiger charge is 2.20. The highest BCUT2D eigenvalue weighted by atomic mass is 16.5. The Hall–Kier alpha value is -2.09. The maximum Gasteiger partial charge on any atom is 0.327 e. The fourth-order valence-corrected chi connectivity index (χ4v) is 4.12. The Morgan fingerprint density at radius 1 is 1.17 bits per heavy atom. The molecule has 3 heterocycles. The maximum atomic E-state index is 12.4. The number of aromatic nitrogens is 4. The molecule has 0 amide bonds. The first-order valence-corrected chi connectivity index (χ1v) is 11.2. The molecule has 1 unspecified atom stereocenters. The lowest BCUT2D eigenvalue weighted by molar-refractivity contribution is 0.164. The van der Waals surface area contributed by atoms with Crippen molar-refractivity contribution >= 4 is 17.0 Å². The van der Waals surface area contributed by atoms with Gasteiger partial charge in [0, 0.05) is 13.1 Å². The van der Waals surface area contributed by atoms with Crippen LogP contribution in [0.25, 0.3) is 11.2 Å². The average Bonchev–Trinajstić information content (AvgIpc) is 3.03. The second-order valence-corrected chi connectivity index (χ2v) is 8.18. The van der Waals surface area contributed by atoms with Crippen molar-refractivity contribution < 1.29 is 4.74 Å². The van der Waals surface area contributed by atoms with E-state index < -0.39 is 0 Å². The van der Waals surface area contributed by atoms with Gasteiger partial charge in [0.05, 0.1) is 6.61 Å². The highest BCUT2D eigenvalue weighted by molar-refractivity contribution is 5.81. The molecule has 1 atom stereocenters. The van der Waals surface area contributed by atoms with Gasteiger partial charge in [-0.2, -0.15) is 9.97 Å². The minimum absolute atomic E-state index is 0.181. The van der Waals surface area contributed by atoms with Gasteiger partial charge >= 0.3 is 11.7 Å². The third-order valence-corrected chi connectivity index (χ3v) is 5.78. The van der Waals surface area contributed by atoms with Crippen molar-refractivity contribution in [3.8, 4) is 6.01 Å². The van der Waals surface area contributed by atoms with Crippen molar-refractivity contribution in [3.63, 3.8) is 0 Å². The molecule has 0 aliphatic carbocycles. The molecule has 8 heteroatoms. The van der Waals surface area contributed by atoms with Crippen LogP contribution in [0.1, 0.15) is 65.2 Å². The zero-order chi connectivity index (χ0) is 20.6. The second kappa shape index (κ2) is 10.6. The Bertz CT molecular complexity index is 830. The SMILES string of the molecule is CCCCOc1nc(N)c2[nH]c(=O)n(CCCC3CCCN(CCCC)C3)c2n1. The first-order chi connectivity index (χ1) is 14.1. The van der Waals surface area contributed by atoms with Gasteiger partial charge in [0.15, 0.2) is 11.5 Å². The van der Waals surface area contributed by atoms with E-state index >= 15 is 0 Å². The molecule has 1 aliphatic heterocycles. The number of nitrogens with two attached hydrogens (primary N) is 1. The minimum Gasteiger partial charge on any atom is -0.463 e. The van der Waals surface area contributed by atoms with Gasteiger partial charge in [-0.15, -0.1) is 0 Å². The Morgan fingerprint density at radius 2 is 2.00 bits per heavy atom. The third kappa shape index (κ3) is 5.72. The molecule has 1 aliphatic rings. The Labute approximate surface area is 172 Å². The number of rotatable bonds is 11. The van der Waals surface area contributed by atoms with Crippen LogP contribution in [0, 0.1) is 5.92 Å². The van der Waals surface area contributed by atoms with Crippen LogP contribution in [0.3, 0.4) is 0 Å². The fraction of sp³-hybridized carbons (Fsp3) is 0.762. The van der Waals surface area contributed by atoms with Crippen molar-refractivity contribution in [2.75, 3.05) is 32.0 Å². The molecule has 0 spiro atoms. The number of likely N-dealkylation sites (tertiary alicyclic amines) is 1. The van der Waals surface area contributed by atoms with Gasteiger partial charge in [0.25, 0.3) is 0 Å². The maximum absolute atomic E-state index is 12.4. The summed E-state index contributed by atoms with van der Waals surface area (Å²) in [5, 5.41) is 0. The largest absolute Gasteiger partial charge is 0.463 e. The molecule has 0 aromatic carbocycles. The van der Waals surface area contributed by atoms with Crippen LogP contribution in [0.4, 0.5) is 5.82 Å². The number of hydrogen-bond donors (Lipinski definition) is 2. The van der Waals surface area contributed by atoms with Crippen molar-refractivity contribution in [1.82, 2.24) is 24.4 Å². The van der Waals surface area contributed by atoms with Gasteiger partial charge < -0.3 is 20.4 Å². The van der Waals surface area contributed by atoms with Crippen molar-refractivity contribution in [2.24, 2.45) is 5.92 Å². The molecule has 3 rings (SSSR count). The third-order valence-electron chi connectivity index (χ3n) is 5.78. The lowest BCUT2D eigenvalue weighted by atomic mass is 9.93. The van der Waals surface area contributed by atoms with E-state index in [2.05, 4.69) is 33.7 Å². The summed E-state index contributed by atoms with van der Waals surface area (Å²) in [5.74, 6) is 0.977. The number of aromatic amines is 1. The number of piperidine rings is 1. The smallest absolute Gasteiger partial charge is 0.327 e. The van der Waals surface area contributed by atoms with E-state index in [1.165, 1.54) is 45.3 Å². The summed E-state index contributed by atoms with van der Waals surface area (Å²) >= 11 is 0. The van der Waals surface area contributed by atoms with Gasteiger partial charge in [-0.3, -0.25) is 4.57 Å². The molecule has 2 aromatic rings. The lowest BCUT2D eigenvalue weighted by Crippen LogP contribution is -2.36. The van der Waals surface area contributed by atoms with Crippen molar-refractivity contribution in [2.45, 2.75) is 71.8 Å². The van der Waals surface area contributed by atoms with E-state index in [4.69, 9.17) is 10.5 Å². The molecule has 29 heavy (non-hydrogen) atoms. The van der Waals surface area contributed by atoms with Gasteiger partial charge in [-0.25, -0.2) is 4.79 Å². The summed E-state index contributed by atoms with van der Waals surface area (Å²) in [6.45, 7) is 9.16. The van der Waals surface area contributed by atoms with Crippen LogP contribution in [0.15, 0.2) is 4.79 Å². The fourth-order valence-electron chi connectivity index (χ4n) is 4.12. The quantitative estimate of drug-likeness (QED) is 0.558. The average molecular weight is 405 g/mol. The standard InChI is InChI=1S/C21H36N6O2/c1-3-5-11-26-12-7-9-16(15-26)10-8-13-27-19-17(23-21(27)28)18(22)24-20(25-19)29-14-6-4-2/h16H,3-15H2,1-2H3,(H,23,28)(H2,22,24,25). The predicted molar refractivity (Wildman–Crippen MR) is 116 cm³/mol. The molecule has 8 nitrogen and oxygen atoms in total. The number of nitrogen functional groups attached to an aromatic ring is 1. The Kier molecular flexibility index (Phi) is 7.91. The molecule has 1 fully saturated rings. The topological polar surface area (TPSA) is 102 Å². The van der Waals surface area contributed by atoms with Crippen LogP contribution in [-0.4, -0.2) is 50.7 Å². The van der Waals surface area contributed by atoms with Crippen LogP contribution >= 0.6 is 0 Å². The Morgan fingerprint density at radius 3 is 2.79 bits per heavy atom. The van der Waals surface area contributed by atoms with E-state index in [1.54, 1.807) is 4.57 Å². The van der Waals surface area contributed by atoms with Gasteiger partial charge in [0.1, 0.15) is 5.52 Å². The molecular formula is C21H36N6O2. The normalized spacial score (nSPS) is 17.8. The Balaban J connectivity index is 1.62. The molecule has 162 valence electrons. The number of unbranched alkanes of at least 4 members (excludes halogenated alkanes) is 2. The van der Waals surface area contributed by atoms with Gasteiger partial charge in [-0.05, 0) is 57.5 Å². The van der Waals surface area contributed by atoms with E-state index in [0.29, 0.717) is 30.2 Å². The number of fused-ring (bicyclic) bond motifs is 1. The van der Waals surface area contributed by atoms with Crippen LogP contribution < -0.4 is 16.2 Å². The summed E-state index contributed by atoms with van der Waals surface area (Å²) in [6.07, 6.45) is 9.14. The summed E-state index contributed by atoms with van der Waals surface area (Å²) in [7, 11) is 0. The number of hydrogen-bond acceptors (Lipinski definition) is 6. The summed E-state index contributed by atoms with van der Waals surface area (Å²) in [4.78, 5) is 26.5. The van der Waals surface area contributed by atoms with Crippen LogP contribution in [0.2, 0.25) is 0 Å². The summed E-state index contributed by atoms with van der Waals surface area (Å²) < 4.78 is 7.28. The van der Waals surface area contributed by atoms with Gasteiger partial charge in [0.2, 0.25) is 0 Å². The number of nitrogens with zero attached hydrogens (tertiary/aromatic N) is 4. The first kappa shape index (κ1) is 21.6. The molecule has 0 saturated carbocycles. The molecular weight excluding hydrogens is 368 g/mol. The first-order valence-electron chi connectivity index (χ1n) is 11.2. The van der Waals surface area contributed by atoms with Crippen molar-refractivity contribution in [1.29, 1.82) is 0 Å². The number of ether oxygens (including phenoxy) is 1. The zero-order valence-corrected chi connectivity index (χ0v) is 18.0. The van der Waals surface area contributed by atoms with Gasteiger partial charge in [-0.1, -0.05) is 26.7 Å². The monoisotopic (exact) mass is 404 g/mol. The minimum atomic E-state index is -0.181. The zero-order valence-electron chi connectivity index (χ0n) is 18.0. The second-order valence-electron chi connectivity index (χ2n) is 8.18. The number of aryl methyl sites for hydroxylation is 1. The molecule has 3 N–H and O–H groups in total. The number of anilines is 1. The molecule has 1 saturated heterocycles. The van der Waals surface area contributed by atoms with Crippen molar-refractivity contribution in [3.05, 3.63) is 10.5 Å².